The summed E-state index contributed by atoms with van der Waals surface area (Å²) in [4.78, 5) is 26.9. The summed E-state index contributed by atoms with van der Waals surface area (Å²) in [6, 6.07) is 7.18. The van der Waals surface area contributed by atoms with Crippen molar-refractivity contribution in [1.82, 2.24) is 9.55 Å². The van der Waals surface area contributed by atoms with Gasteiger partial charge in [0, 0.05) is 12.3 Å². The Morgan fingerprint density at radius 2 is 2.04 bits per heavy atom. The number of nitro groups is 1. The second-order valence-corrected chi connectivity index (χ2v) is 6.41. The maximum Gasteiger partial charge on any atom is 0.351 e. The molecule has 1 saturated heterocycles. The molecule has 4 N–H and O–H groups in total. The fourth-order valence-electron chi connectivity index (χ4n) is 3.12. The third-order valence-corrected chi connectivity index (χ3v) is 4.59. The summed E-state index contributed by atoms with van der Waals surface area (Å²) in [6.07, 6.45) is -3.61. The van der Waals surface area contributed by atoms with E-state index >= 15 is 0 Å². The average molecular weight is 392 g/mol. The second-order valence-electron chi connectivity index (χ2n) is 6.41. The fourth-order valence-corrected chi connectivity index (χ4v) is 3.12. The van der Waals surface area contributed by atoms with Crippen LogP contribution < -0.4 is 11.0 Å². The minimum absolute atomic E-state index is 0.0534. The maximum atomic E-state index is 12.3. The van der Waals surface area contributed by atoms with Crippen LogP contribution in [0.1, 0.15) is 24.8 Å². The predicted molar refractivity (Wildman–Crippen MR) is 96.6 cm³/mol. The highest BCUT2D eigenvalue weighted by atomic mass is 16.6. The van der Waals surface area contributed by atoms with Gasteiger partial charge in [0.2, 0.25) is 0 Å². The van der Waals surface area contributed by atoms with Crippen molar-refractivity contribution in [3.63, 3.8) is 0 Å². The van der Waals surface area contributed by atoms with Crippen LogP contribution in [0, 0.1) is 10.1 Å². The van der Waals surface area contributed by atoms with Gasteiger partial charge in [-0.05, 0) is 13.0 Å². The zero-order valence-corrected chi connectivity index (χ0v) is 14.9. The van der Waals surface area contributed by atoms with Crippen molar-refractivity contribution in [2.75, 3.05) is 11.9 Å². The van der Waals surface area contributed by atoms with Crippen molar-refractivity contribution >= 4 is 11.5 Å². The van der Waals surface area contributed by atoms with Crippen molar-refractivity contribution in [3.05, 3.63) is 62.7 Å². The fraction of sp³-hybridized carbons (Fsp3) is 0.412. The van der Waals surface area contributed by atoms with Crippen molar-refractivity contribution in [2.45, 2.75) is 37.5 Å². The number of nitro benzene ring substituents is 1. The summed E-state index contributed by atoms with van der Waals surface area (Å²) >= 11 is 0. The van der Waals surface area contributed by atoms with E-state index in [9.17, 15) is 25.1 Å². The van der Waals surface area contributed by atoms with Gasteiger partial charge in [0.1, 0.15) is 24.1 Å². The molecule has 28 heavy (non-hydrogen) atoms. The van der Waals surface area contributed by atoms with Gasteiger partial charge in [0.25, 0.3) is 5.69 Å². The minimum Gasteiger partial charge on any atom is -0.394 e. The van der Waals surface area contributed by atoms with Gasteiger partial charge in [0.05, 0.1) is 23.1 Å². The highest BCUT2D eigenvalue weighted by Gasteiger charge is 2.43. The third kappa shape index (κ3) is 3.73. The summed E-state index contributed by atoms with van der Waals surface area (Å²) in [5.74, 6) is 0.179. The van der Waals surface area contributed by atoms with Gasteiger partial charge in [0.15, 0.2) is 6.23 Å². The van der Waals surface area contributed by atoms with Crippen molar-refractivity contribution in [2.24, 2.45) is 0 Å². The van der Waals surface area contributed by atoms with Crippen LogP contribution in [-0.2, 0) is 4.74 Å². The first-order chi connectivity index (χ1) is 13.3. The average Bonchev–Trinajstić information content (AvgIpc) is 2.96. The van der Waals surface area contributed by atoms with Crippen LogP contribution >= 0.6 is 0 Å². The van der Waals surface area contributed by atoms with E-state index in [1.54, 1.807) is 25.1 Å². The minimum atomic E-state index is -1.40. The van der Waals surface area contributed by atoms with Crippen LogP contribution in [0.3, 0.4) is 0 Å². The quantitative estimate of drug-likeness (QED) is 0.390. The zero-order valence-electron chi connectivity index (χ0n) is 14.9. The number of aliphatic hydroxyl groups is 3. The van der Waals surface area contributed by atoms with E-state index in [2.05, 4.69) is 10.3 Å². The normalized spacial score (nSPS) is 25.4. The summed E-state index contributed by atoms with van der Waals surface area (Å²) in [5, 5.41) is 43.1. The lowest BCUT2D eigenvalue weighted by Crippen LogP contribution is -2.36. The topological polar surface area (TPSA) is 160 Å². The number of ether oxygens (including phenoxy) is 1. The molecule has 1 unspecified atom stereocenters. The van der Waals surface area contributed by atoms with Crippen LogP contribution in [0.4, 0.5) is 11.5 Å². The van der Waals surface area contributed by atoms with Crippen LogP contribution in [-0.4, -0.2) is 54.7 Å². The lowest BCUT2D eigenvalue weighted by atomic mass is 10.1. The number of nitrogens with one attached hydrogen (secondary N) is 1. The monoisotopic (exact) mass is 392 g/mol. The molecule has 1 aromatic heterocycles. The molecule has 2 heterocycles. The molecule has 1 aliphatic heterocycles. The Morgan fingerprint density at radius 3 is 2.64 bits per heavy atom. The maximum absolute atomic E-state index is 12.3. The van der Waals surface area contributed by atoms with Crippen molar-refractivity contribution < 1.29 is 25.0 Å². The first-order valence-electron chi connectivity index (χ1n) is 8.55. The lowest BCUT2D eigenvalue weighted by molar-refractivity contribution is -0.385. The molecule has 3 rings (SSSR count). The summed E-state index contributed by atoms with van der Waals surface area (Å²) in [6.45, 7) is 1.19. The number of hydrogen-bond donors (Lipinski definition) is 4. The Morgan fingerprint density at radius 1 is 1.32 bits per heavy atom. The Kier molecular flexibility index (Phi) is 5.70. The van der Waals surface area contributed by atoms with Crippen molar-refractivity contribution in [3.8, 4) is 0 Å². The summed E-state index contributed by atoms with van der Waals surface area (Å²) < 4.78 is 6.32. The number of nitrogens with zero attached hydrogens (tertiary/aromatic N) is 3. The second kappa shape index (κ2) is 8.02. The lowest BCUT2D eigenvalue weighted by Gasteiger charge is -2.19. The number of para-hydroxylation sites is 1. The van der Waals surface area contributed by atoms with Gasteiger partial charge in [-0.2, -0.15) is 4.98 Å². The number of anilines is 1. The third-order valence-electron chi connectivity index (χ3n) is 4.59. The van der Waals surface area contributed by atoms with Gasteiger partial charge in [-0.3, -0.25) is 14.7 Å². The SMILES string of the molecule is C[C@H](Nc1ccn([C@@H]2O[C@H](CO)C(O)[C@@H]2O)c(=O)n1)c1ccccc1[N+](=O)[O-]. The van der Waals surface area contributed by atoms with E-state index < -0.39 is 47.8 Å². The molecule has 11 heteroatoms. The van der Waals surface area contributed by atoms with Crippen LogP contribution in [0.15, 0.2) is 41.3 Å². The molecule has 2 aromatic rings. The van der Waals surface area contributed by atoms with E-state index in [0.29, 0.717) is 5.56 Å². The number of rotatable bonds is 6. The molecule has 0 aliphatic carbocycles. The number of benzene rings is 1. The summed E-state index contributed by atoms with van der Waals surface area (Å²) in [7, 11) is 0. The molecular weight excluding hydrogens is 372 g/mol. The van der Waals surface area contributed by atoms with Crippen molar-refractivity contribution in [1.29, 1.82) is 0 Å². The van der Waals surface area contributed by atoms with Crippen LogP contribution in [0.2, 0.25) is 0 Å². The van der Waals surface area contributed by atoms with E-state index in [1.165, 1.54) is 18.3 Å². The largest absolute Gasteiger partial charge is 0.394 e. The molecule has 0 amide bonds. The zero-order chi connectivity index (χ0) is 20.4. The van der Waals surface area contributed by atoms with Gasteiger partial charge in [-0.15, -0.1) is 0 Å². The molecule has 1 aromatic carbocycles. The van der Waals surface area contributed by atoms with Gasteiger partial charge < -0.3 is 25.4 Å². The van der Waals surface area contributed by atoms with E-state index in [1.807, 2.05) is 0 Å². The van der Waals surface area contributed by atoms with Crippen LogP contribution in [0.5, 0.6) is 0 Å². The van der Waals surface area contributed by atoms with E-state index in [4.69, 9.17) is 9.84 Å². The molecular formula is C17H20N4O7. The molecule has 0 spiro atoms. The summed E-state index contributed by atoms with van der Waals surface area (Å²) in [5.41, 5.74) is -0.376. The Hall–Kier alpha value is -2.86. The van der Waals surface area contributed by atoms with Gasteiger partial charge >= 0.3 is 5.69 Å². The molecule has 11 nitrogen and oxygen atoms in total. The van der Waals surface area contributed by atoms with E-state index in [0.717, 1.165) is 4.57 Å². The van der Waals surface area contributed by atoms with Crippen LogP contribution in [0.25, 0.3) is 0 Å². The van der Waals surface area contributed by atoms with E-state index in [-0.39, 0.29) is 11.5 Å². The Bertz CT molecular complexity index is 918. The molecule has 1 aliphatic rings. The molecule has 0 bridgehead atoms. The first kappa shape index (κ1) is 19.9. The molecule has 5 atom stereocenters. The molecule has 150 valence electrons. The Labute approximate surface area is 159 Å². The number of hydrogen-bond acceptors (Lipinski definition) is 9. The number of aromatic nitrogens is 2. The number of aliphatic hydroxyl groups excluding tert-OH is 3. The van der Waals surface area contributed by atoms with Gasteiger partial charge in [-0.1, -0.05) is 18.2 Å². The molecule has 0 radical (unpaired) electrons. The molecule has 1 fully saturated rings. The smallest absolute Gasteiger partial charge is 0.351 e. The van der Waals surface area contributed by atoms with Gasteiger partial charge in [-0.25, -0.2) is 4.79 Å². The first-order valence-corrected chi connectivity index (χ1v) is 8.55. The molecule has 0 saturated carbocycles. The predicted octanol–water partition coefficient (Wildman–Crippen LogP) is -0.0639. The Balaban J connectivity index is 1.80. The highest BCUT2D eigenvalue weighted by molar-refractivity contribution is 5.46. The highest BCUT2D eigenvalue weighted by Crippen LogP contribution is 2.29. The standard InChI is InChI=1S/C17H20N4O7/c1-9(10-4-2-3-5-11(10)21(26)27)18-13-6-7-20(17(25)19-13)16-15(24)14(23)12(8-22)28-16/h2-7,9,12,14-16,22-24H,8H2,1H3,(H,18,19,25)/t9-,12+,14?,15-,16+/m0/s1.